The third kappa shape index (κ3) is 14.4. The van der Waals surface area contributed by atoms with Gasteiger partial charge in [-0.15, -0.1) is 0 Å². The summed E-state index contributed by atoms with van der Waals surface area (Å²) in [7, 11) is 0. The van der Waals surface area contributed by atoms with Crippen LogP contribution < -0.4 is 5.73 Å². The number of unbranched alkanes of at least 4 members (excludes halogenated alkanes) is 16. The van der Waals surface area contributed by atoms with Crippen LogP contribution in [0.5, 0.6) is 0 Å². The van der Waals surface area contributed by atoms with Crippen LogP contribution in [0, 0.1) is 0 Å². The quantitative estimate of drug-likeness (QED) is 0.0948. The fraction of sp³-hybridized carbons (Fsp3) is 0.786. The van der Waals surface area contributed by atoms with Crippen molar-refractivity contribution in [2.45, 2.75) is 122 Å². The molecular formula is C28H52N3O2+. The first-order valence-electron chi connectivity index (χ1n) is 13.8. The summed E-state index contributed by atoms with van der Waals surface area (Å²) in [5.41, 5.74) is 5.72. The summed E-state index contributed by atoms with van der Waals surface area (Å²) in [6, 6.07) is 0. The van der Waals surface area contributed by atoms with Gasteiger partial charge in [0.2, 0.25) is 5.84 Å². The Balaban J connectivity index is 1.94. The summed E-state index contributed by atoms with van der Waals surface area (Å²) in [4.78, 5) is 15.7. The van der Waals surface area contributed by atoms with E-state index in [4.69, 9.17) is 5.73 Å². The molecule has 0 radical (unpaired) electrons. The molecule has 33 heavy (non-hydrogen) atoms. The van der Waals surface area contributed by atoms with Crippen molar-refractivity contribution in [3.8, 4) is 0 Å². The van der Waals surface area contributed by atoms with Crippen molar-refractivity contribution in [1.29, 1.82) is 0 Å². The number of nitrogens with two attached hydrogens (primary N) is 1. The number of aliphatic carboxylic acids is 1. The van der Waals surface area contributed by atoms with Gasteiger partial charge in [0.05, 0.1) is 12.6 Å². The van der Waals surface area contributed by atoms with E-state index in [1.54, 1.807) is 6.20 Å². The SMILES string of the molecule is CCCCCCCCCCCCCCCCCC/C=C/CC1=NC=C[N+]1(CCN)CC(=O)O. The molecule has 0 aromatic carbocycles. The van der Waals surface area contributed by atoms with Gasteiger partial charge in [0.1, 0.15) is 12.7 Å². The molecular weight excluding hydrogens is 410 g/mol. The summed E-state index contributed by atoms with van der Waals surface area (Å²) in [6.07, 6.45) is 32.0. The maximum absolute atomic E-state index is 11.3. The monoisotopic (exact) mass is 462 g/mol. The summed E-state index contributed by atoms with van der Waals surface area (Å²) in [5.74, 6) is 0.0610. The minimum Gasteiger partial charge on any atom is -0.477 e. The molecule has 1 heterocycles. The van der Waals surface area contributed by atoms with Gasteiger partial charge in [-0.2, -0.15) is 0 Å². The van der Waals surface area contributed by atoms with Gasteiger partial charge in [0.15, 0.2) is 6.54 Å². The number of nitrogens with zero attached hydrogens (tertiary/aromatic N) is 2. The number of aliphatic imine (C=N–C) groups is 1. The Bertz CT molecular complexity index is 586. The average Bonchev–Trinajstić information content (AvgIpc) is 3.16. The Morgan fingerprint density at radius 2 is 1.39 bits per heavy atom. The molecule has 0 aromatic rings. The summed E-state index contributed by atoms with van der Waals surface area (Å²) in [6.45, 7) is 3.32. The minimum atomic E-state index is -0.820. The first-order chi connectivity index (χ1) is 16.1. The van der Waals surface area contributed by atoms with Crippen LogP contribution in [-0.4, -0.2) is 41.0 Å². The maximum atomic E-state index is 11.3. The molecule has 3 N–H and O–H groups in total. The van der Waals surface area contributed by atoms with E-state index in [0.717, 1.165) is 12.3 Å². The molecule has 1 rings (SSSR count). The number of hydrogen-bond donors (Lipinski definition) is 2. The van der Waals surface area contributed by atoms with Crippen LogP contribution in [-0.2, 0) is 4.79 Å². The molecule has 1 unspecified atom stereocenters. The molecule has 0 spiro atoms. The van der Waals surface area contributed by atoms with E-state index in [-0.39, 0.29) is 11.0 Å². The van der Waals surface area contributed by atoms with Crippen LogP contribution >= 0.6 is 0 Å². The molecule has 5 heteroatoms. The Morgan fingerprint density at radius 3 is 1.88 bits per heavy atom. The van der Waals surface area contributed by atoms with E-state index in [2.05, 4.69) is 24.1 Å². The second-order valence-electron chi connectivity index (χ2n) is 9.71. The predicted octanol–water partition coefficient (Wildman–Crippen LogP) is 7.33. The molecule has 0 aliphatic carbocycles. The molecule has 190 valence electrons. The number of quaternary nitrogens is 1. The minimum absolute atomic E-state index is 0.0134. The zero-order chi connectivity index (χ0) is 24.0. The van der Waals surface area contributed by atoms with Crippen molar-refractivity contribution in [2.24, 2.45) is 10.7 Å². The predicted molar refractivity (Wildman–Crippen MR) is 141 cm³/mol. The normalized spacial score (nSPS) is 17.8. The zero-order valence-corrected chi connectivity index (χ0v) is 21.5. The van der Waals surface area contributed by atoms with Crippen LogP contribution in [0.2, 0.25) is 0 Å². The molecule has 1 atom stereocenters. The second kappa shape index (κ2) is 20.0. The molecule has 0 bridgehead atoms. The molecule has 1 aliphatic heterocycles. The molecule has 0 aromatic heterocycles. The lowest BCUT2D eigenvalue weighted by molar-refractivity contribution is -0.777. The zero-order valence-electron chi connectivity index (χ0n) is 21.5. The molecule has 0 saturated heterocycles. The van der Waals surface area contributed by atoms with Crippen molar-refractivity contribution in [3.63, 3.8) is 0 Å². The van der Waals surface area contributed by atoms with Gasteiger partial charge in [0.25, 0.3) is 0 Å². The standard InChI is InChI=1S/C28H51N3O2/c1-2-3-4-5-6-7-8-9-10-11-12-13-14-15-16-17-18-19-20-21-27-30-23-25-31(27,24-22-29)26-28(32)33/h19-20,23,25H,2-18,21-22,24,26,29H2,1H3/p+1/b20-19+. The van der Waals surface area contributed by atoms with Crippen LogP contribution in [0.3, 0.4) is 0 Å². The number of amidine groups is 1. The molecule has 0 fully saturated rings. The van der Waals surface area contributed by atoms with Crippen molar-refractivity contribution in [3.05, 3.63) is 24.6 Å². The Hall–Kier alpha value is -1.46. The van der Waals surface area contributed by atoms with Gasteiger partial charge in [0, 0.05) is 6.54 Å². The highest BCUT2D eigenvalue weighted by atomic mass is 16.4. The van der Waals surface area contributed by atoms with Gasteiger partial charge in [-0.1, -0.05) is 115 Å². The Kier molecular flexibility index (Phi) is 17.9. The lowest BCUT2D eigenvalue weighted by Crippen LogP contribution is -2.52. The number of hydrogen-bond acceptors (Lipinski definition) is 3. The second-order valence-corrected chi connectivity index (χ2v) is 9.71. The van der Waals surface area contributed by atoms with E-state index in [1.165, 1.54) is 103 Å². The van der Waals surface area contributed by atoms with E-state index in [9.17, 15) is 9.90 Å². The van der Waals surface area contributed by atoms with Crippen molar-refractivity contribution in [2.75, 3.05) is 19.6 Å². The van der Waals surface area contributed by atoms with E-state index in [0.29, 0.717) is 19.5 Å². The van der Waals surface area contributed by atoms with Crippen LogP contribution in [0.1, 0.15) is 122 Å². The highest BCUT2D eigenvalue weighted by Crippen LogP contribution is 2.19. The fourth-order valence-corrected chi connectivity index (χ4v) is 4.70. The maximum Gasteiger partial charge on any atom is 0.360 e. The number of carboxylic acids is 1. The van der Waals surface area contributed by atoms with E-state index in [1.807, 2.05) is 6.20 Å². The third-order valence-corrected chi connectivity index (χ3v) is 6.73. The molecule has 0 saturated carbocycles. The molecule has 1 aliphatic rings. The lowest BCUT2D eigenvalue weighted by Gasteiger charge is -2.29. The summed E-state index contributed by atoms with van der Waals surface area (Å²) in [5, 5.41) is 9.25. The van der Waals surface area contributed by atoms with E-state index >= 15 is 0 Å². The number of rotatable bonds is 23. The Morgan fingerprint density at radius 1 is 0.879 bits per heavy atom. The topological polar surface area (TPSA) is 75.7 Å². The summed E-state index contributed by atoms with van der Waals surface area (Å²) >= 11 is 0. The first kappa shape index (κ1) is 29.6. The van der Waals surface area contributed by atoms with Crippen LogP contribution in [0.25, 0.3) is 0 Å². The highest BCUT2D eigenvalue weighted by molar-refractivity contribution is 5.82. The third-order valence-electron chi connectivity index (χ3n) is 6.73. The smallest absolute Gasteiger partial charge is 0.360 e. The van der Waals surface area contributed by atoms with E-state index < -0.39 is 5.97 Å². The molecule has 5 nitrogen and oxygen atoms in total. The van der Waals surface area contributed by atoms with Gasteiger partial charge >= 0.3 is 5.97 Å². The van der Waals surface area contributed by atoms with Crippen LogP contribution in [0.15, 0.2) is 29.5 Å². The number of carbonyl (C=O) groups is 1. The van der Waals surface area contributed by atoms with Crippen molar-refractivity contribution < 1.29 is 14.4 Å². The van der Waals surface area contributed by atoms with Gasteiger partial charge < -0.3 is 10.8 Å². The number of allylic oxidation sites excluding steroid dienone is 1. The van der Waals surface area contributed by atoms with Crippen LogP contribution in [0.4, 0.5) is 0 Å². The summed E-state index contributed by atoms with van der Waals surface area (Å²) < 4.78 is 0.259. The first-order valence-corrected chi connectivity index (χ1v) is 13.8. The average molecular weight is 463 g/mol. The lowest BCUT2D eigenvalue weighted by atomic mass is 10.0. The molecule has 0 amide bonds. The largest absolute Gasteiger partial charge is 0.477 e. The fourth-order valence-electron chi connectivity index (χ4n) is 4.70. The van der Waals surface area contributed by atoms with Crippen molar-refractivity contribution >= 4 is 11.8 Å². The van der Waals surface area contributed by atoms with Gasteiger partial charge in [-0.3, -0.25) is 0 Å². The van der Waals surface area contributed by atoms with Gasteiger partial charge in [-0.05, 0) is 12.8 Å². The number of carboxylic acid groups (broad SMARTS) is 1. The van der Waals surface area contributed by atoms with Gasteiger partial charge in [-0.25, -0.2) is 14.3 Å². The van der Waals surface area contributed by atoms with Crippen molar-refractivity contribution in [1.82, 2.24) is 0 Å². The highest BCUT2D eigenvalue weighted by Gasteiger charge is 2.36. The Labute approximate surface area is 203 Å².